The first kappa shape index (κ1) is 19.5. The van der Waals surface area contributed by atoms with E-state index in [1.165, 1.54) is 0 Å². The van der Waals surface area contributed by atoms with Crippen LogP contribution in [-0.4, -0.2) is 43.8 Å². The molecule has 0 aliphatic rings. The van der Waals surface area contributed by atoms with Crippen LogP contribution in [0.1, 0.15) is 22.8 Å². The molecule has 0 atom stereocenters. The molecule has 0 unspecified atom stereocenters. The minimum absolute atomic E-state index is 0.126. The van der Waals surface area contributed by atoms with Crippen LogP contribution in [-0.2, 0) is 16.0 Å². The number of amides is 2. The van der Waals surface area contributed by atoms with Crippen molar-refractivity contribution in [3.8, 4) is 0 Å². The Morgan fingerprint density at radius 1 is 1.08 bits per heavy atom. The molecule has 0 saturated carbocycles. The van der Waals surface area contributed by atoms with Crippen LogP contribution in [0.25, 0.3) is 0 Å². The van der Waals surface area contributed by atoms with Gasteiger partial charge in [-0.2, -0.15) is 0 Å². The molecule has 0 aliphatic heterocycles. The molecule has 6 heteroatoms. The Hall–Kier alpha value is -2.86. The average Bonchev–Trinajstić information content (AvgIpc) is 2.65. The summed E-state index contributed by atoms with van der Waals surface area (Å²) in [5.41, 5.74) is 2.05. The smallest absolute Gasteiger partial charge is 0.411 e. The summed E-state index contributed by atoms with van der Waals surface area (Å²) < 4.78 is 10.00. The second kappa shape index (κ2) is 10.2. The van der Waals surface area contributed by atoms with Crippen LogP contribution in [0.5, 0.6) is 0 Å². The van der Waals surface area contributed by atoms with Crippen molar-refractivity contribution < 1.29 is 19.1 Å². The third-order valence-corrected chi connectivity index (χ3v) is 3.70. The zero-order valence-electron chi connectivity index (χ0n) is 15.1. The van der Waals surface area contributed by atoms with Gasteiger partial charge >= 0.3 is 6.09 Å². The van der Waals surface area contributed by atoms with Crippen molar-refractivity contribution >= 4 is 17.7 Å². The second-order valence-electron chi connectivity index (χ2n) is 5.63. The fraction of sp³-hybridized carbons (Fsp3) is 0.300. The van der Waals surface area contributed by atoms with Gasteiger partial charge in [-0.15, -0.1) is 0 Å². The van der Waals surface area contributed by atoms with Crippen LogP contribution in [0, 0.1) is 0 Å². The lowest BCUT2D eigenvalue weighted by atomic mass is 10.1. The molecular formula is C20H24N2O4. The molecule has 2 aromatic rings. The second-order valence-corrected chi connectivity index (χ2v) is 5.63. The number of carbonyl (C=O) groups is 2. The molecule has 2 amide bonds. The molecule has 138 valence electrons. The van der Waals surface area contributed by atoms with Gasteiger partial charge in [-0.05, 0) is 30.7 Å². The SMILES string of the molecule is CCOC(=O)Nc1cccc(C(=O)N(CCOC)Cc2ccccc2)c1. The Morgan fingerprint density at radius 3 is 2.54 bits per heavy atom. The van der Waals surface area contributed by atoms with Crippen molar-refractivity contribution in [1.82, 2.24) is 4.90 Å². The quantitative estimate of drug-likeness (QED) is 0.785. The standard InChI is InChI=1S/C20H24N2O4/c1-3-26-20(24)21-18-11-7-10-17(14-18)19(23)22(12-13-25-2)15-16-8-5-4-6-9-16/h4-11,14H,3,12-13,15H2,1-2H3,(H,21,24). The van der Waals surface area contributed by atoms with E-state index in [0.29, 0.717) is 30.9 Å². The Kier molecular flexibility index (Phi) is 7.64. The minimum Gasteiger partial charge on any atom is -0.450 e. The van der Waals surface area contributed by atoms with Crippen LogP contribution in [0.2, 0.25) is 0 Å². The van der Waals surface area contributed by atoms with E-state index in [-0.39, 0.29) is 12.5 Å². The summed E-state index contributed by atoms with van der Waals surface area (Å²) in [6.45, 7) is 3.42. The molecule has 0 spiro atoms. The van der Waals surface area contributed by atoms with Gasteiger partial charge in [0, 0.05) is 31.5 Å². The number of carbonyl (C=O) groups excluding carboxylic acids is 2. The van der Waals surface area contributed by atoms with E-state index in [1.807, 2.05) is 30.3 Å². The van der Waals surface area contributed by atoms with Crippen molar-refractivity contribution in [2.75, 3.05) is 32.2 Å². The molecule has 6 nitrogen and oxygen atoms in total. The average molecular weight is 356 g/mol. The first-order chi connectivity index (χ1) is 12.6. The normalized spacial score (nSPS) is 10.2. The molecule has 0 radical (unpaired) electrons. The van der Waals surface area contributed by atoms with Gasteiger partial charge in [-0.1, -0.05) is 36.4 Å². The highest BCUT2D eigenvalue weighted by atomic mass is 16.5. The van der Waals surface area contributed by atoms with Gasteiger partial charge in [0.15, 0.2) is 0 Å². The first-order valence-electron chi connectivity index (χ1n) is 8.50. The van der Waals surface area contributed by atoms with Crippen LogP contribution in [0.3, 0.4) is 0 Å². The Labute approximate surface area is 153 Å². The number of ether oxygens (including phenoxy) is 2. The van der Waals surface area contributed by atoms with E-state index in [1.54, 1.807) is 43.2 Å². The summed E-state index contributed by atoms with van der Waals surface area (Å²) in [6, 6.07) is 16.6. The minimum atomic E-state index is -0.544. The van der Waals surface area contributed by atoms with Gasteiger partial charge in [0.05, 0.1) is 13.2 Å². The molecule has 0 saturated heterocycles. The maximum absolute atomic E-state index is 12.9. The third kappa shape index (κ3) is 5.89. The monoisotopic (exact) mass is 356 g/mol. The molecular weight excluding hydrogens is 332 g/mol. The van der Waals surface area contributed by atoms with Crippen molar-refractivity contribution in [2.45, 2.75) is 13.5 Å². The van der Waals surface area contributed by atoms with Gasteiger partial charge in [-0.3, -0.25) is 10.1 Å². The van der Waals surface area contributed by atoms with Crippen LogP contribution in [0.15, 0.2) is 54.6 Å². The Balaban J connectivity index is 2.15. The Morgan fingerprint density at radius 2 is 1.85 bits per heavy atom. The molecule has 0 bridgehead atoms. The fourth-order valence-corrected chi connectivity index (χ4v) is 2.46. The molecule has 1 N–H and O–H groups in total. The fourth-order valence-electron chi connectivity index (χ4n) is 2.46. The lowest BCUT2D eigenvalue weighted by Gasteiger charge is -2.23. The molecule has 0 aromatic heterocycles. The lowest BCUT2D eigenvalue weighted by Crippen LogP contribution is -2.33. The van der Waals surface area contributed by atoms with Crippen LogP contribution >= 0.6 is 0 Å². The third-order valence-electron chi connectivity index (χ3n) is 3.70. The van der Waals surface area contributed by atoms with Gasteiger partial charge < -0.3 is 14.4 Å². The predicted molar refractivity (Wildman–Crippen MR) is 100 cm³/mol. The molecule has 0 fully saturated rings. The van der Waals surface area contributed by atoms with E-state index in [2.05, 4.69) is 5.32 Å². The van der Waals surface area contributed by atoms with Gasteiger partial charge in [0.2, 0.25) is 0 Å². The van der Waals surface area contributed by atoms with Crippen molar-refractivity contribution in [1.29, 1.82) is 0 Å². The number of nitrogens with zero attached hydrogens (tertiary/aromatic N) is 1. The summed E-state index contributed by atoms with van der Waals surface area (Å²) in [5, 5.41) is 2.61. The van der Waals surface area contributed by atoms with Gasteiger partial charge in [-0.25, -0.2) is 4.79 Å². The maximum atomic E-state index is 12.9. The zero-order valence-corrected chi connectivity index (χ0v) is 15.1. The number of hydrogen-bond donors (Lipinski definition) is 1. The zero-order chi connectivity index (χ0) is 18.8. The number of anilines is 1. The van der Waals surface area contributed by atoms with E-state index >= 15 is 0 Å². The van der Waals surface area contributed by atoms with E-state index in [4.69, 9.17) is 9.47 Å². The molecule has 2 aromatic carbocycles. The van der Waals surface area contributed by atoms with Crippen LogP contribution in [0.4, 0.5) is 10.5 Å². The van der Waals surface area contributed by atoms with Crippen molar-refractivity contribution in [3.05, 3.63) is 65.7 Å². The summed E-state index contributed by atoms with van der Waals surface area (Å²) in [4.78, 5) is 26.2. The van der Waals surface area contributed by atoms with E-state index < -0.39 is 6.09 Å². The van der Waals surface area contributed by atoms with Crippen molar-refractivity contribution in [3.63, 3.8) is 0 Å². The van der Waals surface area contributed by atoms with Crippen molar-refractivity contribution in [2.24, 2.45) is 0 Å². The number of benzene rings is 2. The van der Waals surface area contributed by atoms with Gasteiger partial charge in [0.1, 0.15) is 0 Å². The Bertz CT molecular complexity index is 719. The highest BCUT2D eigenvalue weighted by Gasteiger charge is 2.17. The first-order valence-corrected chi connectivity index (χ1v) is 8.50. The highest BCUT2D eigenvalue weighted by molar-refractivity contribution is 5.96. The lowest BCUT2D eigenvalue weighted by molar-refractivity contribution is 0.0680. The summed E-state index contributed by atoms with van der Waals surface area (Å²) in [6.07, 6.45) is -0.544. The van der Waals surface area contributed by atoms with E-state index in [9.17, 15) is 9.59 Å². The summed E-state index contributed by atoms with van der Waals surface area (Å²) >= 11 is 0. The predicted octanol–water partition coefficient (Wildman–Crippen LogP) is 3.54. The molecule has 2 rings (SSSR count). The van der Waals surface area contributed by atoms with Crippen LogP contribution < -0.4 is 5.32 Å². The summed E-state index contributed by atoms with van der Waals surface area (Å²) in [5.74, 6) is -0.126. The topological polar surface area (TPSA) is 67.9 Å². The number of hydrogen-bond acceptors (Lipinski definition) is 4. The highest BCUT2D eigenvalue weighted by Crippen LogP contribution is 2.15. The van der Waals surface area contributed by atoms with Gasteiger partial charge in [0.25, 0.3) is 5.91 Å². The number of methoxy groups -OCH3 is 1. The number of rotatable bonds is 8. The van der Waals surface area contributed by atoms with E-state index in [0.717, 1.165) is 5.56 Å². The maximum Gasteiger partial charge on any atom is 0.411 e. The summed E-state index contributed by atoms with van der Waals surface area (Å²) in [7, 11) is 1.61. The number of nitrogens with one attached hydrogen (secondary N) is 1. The largest absolute Gasteiger partial charge is 0.450 e. The molecule has 0 aliphatic carbocycles. The molecule has 26 heavy (non-hydrogen) atoms. The molecule has 0 heterocycles.